The summed E-state index contributed by atoms with van der Waals surface area (Å²) in [6.07, 6.45) is 0.380. The molecule has 0 saturated heterocycles. The van der Waals surface area contributed by atoms with Crippen LogP contribution >= 0.6 is 0 Å². The zero-order chi connectivity index (χ0) is 17.5. The molecule has 3 aromatic carbocycles. The lowest BCUT2D eigenvalue weighted by atomic mass is 9.97. The summed E-state index contributed by atoms with van der Waals surface area (Å²) < 4.78 is 5.23. The normalized spacial score (nSPS) is 11.6. The molecule has 3 nitrogen and oxygen atoms in total. The monoisotopic (exact) mass is 331 g/mol. The van der Waals surface area contributed by atoms with Crippen molar-refractivity contribution in [3.63, 3.8) is 0 Å². The Labute approximate surface area is 148 Å². The van der Waals surface area contributed by atoms with Crippen molar-refractivity contribution in [1.29, 1.82) is 0 Å². The molecule has 3 aromatic rings. The summed E-state index contributed by atoms with van der Waals surface area (Å²) in [6, 6.07) is 27.1. The fraction of sp³-hybridized carbons (Fsp3) is 0.136. The highest BCUT2D eigenvalue weighted by Gasteiger charge is 2.17. The van der Waals surface area contributed by atoms with Crippen LogP contribution in [0.2, 0.25) is 0 Å². The van der Waals surface area contributed by atoms with Crippen molar-refractivity contribution in [3.05, 3.63) is 96.1 Å². The summed E-state index contributed by atoms with van der Waals surface area (Å²) in [6.45, 7) is 0. The van der Waals surface area contributed by atoms with Crippen LogP contribution in [0.4, 0.5) is 5.69 Å². The first-order valence-electron chi connectivity index (χ1n) is 8.30. The molecule has 3 rings (SSSR count). The summed E-state index contributed by atoms with van der Waals surface area (Å²) in [5.41, 5.74) is 2.77. The van der Waals surface area contributed by atoms with Gasteiger partial charge in [-0.05, 0) is 29.8 Å². The summed E-state index contributed by atoms with van der Waals surface area (Å²) >= 11 is 0. The zero-order valence-corrected chi connectivity index (χ0v) is 14.2. The van der Waals surface area contributed by atoms with Crippen molar-refractivity contribution in [2.75, 3.05) is 12.4 Å². The quantitative estimate of drug-likeness (QED) is 0.611. The molecule has 0 spiro atoms. The third kappa shape index (κ3) is 4.48. The molecule has 25 heavy (non-hydrogen) atoms. The number of Topliss-reactive ketones (excluding diaryl/α,β-unsaturated/α-hetero) is 1. The molecule has 0 heterocycles. The van der Waals surface area contributed by atoms with Crippen LogP contribution in [0.1, 0.15) is 28.4 Å². The number of ketones is 1. The lowest BCUT2D eigenvalue weighted by Crippen LogP contribution is -2.15. The molecule has 0 aliphatic heterocycles. The van der Waals surface area contributed by atoms with Gasteiger partial charge < -0.3 is 10.1 Å². The molecule has 0 fully saturated rings. The van der Waals surface area contributed by atoms with Gasteiger partial charge in [0.25, 0.3) is 0 Å². The van der Waals surface area contributed by atoms with E-state index in [1.165, 1.54) is 0 Å². The van der Waals surface area contributed by atoms with Crippen LogP contribution in [0.3, 0.4) is 0 Å². The van der Waals surface area contributed by atoms with Crippen LogP contribution in [0.25, 0.3) is 0 Å². The average Bonchev–Trinajstić information content (AvgIpc) is 2.69. The second-order valence-corrected chi connectivity index (χ2v) is 5.83. The Hall–Kier alpha value is -3.07. The predicted octanol–water partition coefficient (Wildman–Crippen LogP) is 5.12. The van der Waals surface area contributed by atoms with Gasteiger partial charge in [0.2, 0.25) is 0 Å². The summed E-state index contributed by atoms with van der Waals surface area (Å²) in [7, 11) is 1.65. The second-order valence-electron chi connectivity index (χ2n) is 5.83. The molecular weight excluding hydrogens is 310 g/mol. The van der Waals surface area contributed by atoms with E-state index in [1.807, 2.05) is 84.9 Å². The molecule has 0 unspecified atom stereocenters. The largest absolute Gasteiger partial charge is 0.497 e. The lowest BCUT2D eigenvalue weighted by Gasteiger charge is -2.20. The van der Waals surface area contributed by atoms with Gasteiger partial charge in [-0.2, -0.15) is 0 Å². The number of hydrogen-bond donors (Lipinski definition) is 1. The van der Waals surface area contributed by atoms with Gasteiger partial charge in [0.05, 0.1) is 13.2 Å². The molecule has 0 saturated carbocycles. The van der Waals surface area contributed by atoms with Crippen LogP contribution in [-0.4, -0.2) is 12.9 Å². The van der Waals surface area contributed by atoms with Gasteiger partial charge in [-0.25, -0.2) is 0 Å². The van der Waals surface area contributed by atoms with Gasteiger partial charge in [-0.3, -0.25) is 4.79 Å². The molecule has 0 bridgehead atoms. The fourth-order valence-corrected chi connectivity index (χ4v) is 2.75. The van der Waals surface area contributed by atoms with E-state index in [0.717, 1.165) is 22.6 Å². The predicted molar refractivity (Wildman–Crippen MR) is 101 cm³/mol. The maximum absolute atomic E-state index is 12.7. The zero-order valence-electron chi connectivity index (χ0n) is 14.2. The summed E-state index contributed by atoms with van der Waals surface area (Å²) in [5.74, 6) is 0.918. The summed E-state index contributed by atoms with van der Waals surface area (Å²) in [5, 5.41) is 3.47. The molecular formula is C22H21NO2. The number of nitrogens with one attached hydrogen (secondary N) is 1. The maximum atomic E-state index is 12.7. The average molecular weight is 331 g/mol. The number of rotatable bonds is 7. The molecule has 1 N–H and O–H groups in total. The molecule has 1 atom stereocenters. The van der Waals surface area contributed by atoms with Gasteiger partial charge >= 0.3 is 0 Å². The van der Waals surface area contributed by atoms with Crippen molar-refractivity contribution in [2.45, 2.75) is 12.5 Å². The van der Waals surface area contributed by atoms with Crippen LogP contribution in [0.15, 0.2) is 84.9 Å². The van der Waals surface area contributed by atoms with Crippen molar-refractivity contribution < 1.29 is 9.53 Å². The molecule has 0 aromatic heterocycles. The van der Waals surface area contributed by atoms with E-state index in [2.05, 4.69) is 5.32 Å². The molecule has 0 amide bonds. The topological polar surface area (TPSA) is 38.3 Å². The SMILES string of the molecule is COc1ccc([C@H](CC(=O)c2ccccc2)Nc2ccccc2)cc1. The Bertz CT molecular complexity index is 798. The van der Waals surface area contributed by atoms with E-state index in [4.69, 9.17) is 4.74 Å². The maximum Gasteiger partial charge on any atom is 0.165 e. The number of ether oxygens (including phenoxy) is 1. The Balaban J connectivity index is 1.84. The van der Waals surface area contributed by atoms with Crippen LogP contribution in [0, 0.1) is 0 Å². The van der Waals surface area contributed by atoms with Crippen LogP contribution in [-0.2, 0) is 0 Å². The highest BCUT2D eigenvalue weighted by atomic mass is 16.5. The highest BCUT2D eigenvalue weighted by molar-refractivity contribution is 5.96. The number of carbonyl (C=O) groups is 1. The van der Waals surface area contributed by atoms with E-state index >= 15 is 0 Å². The van der Waals surface area contributed by atoms with Gasteiger partial charge in [0.15, 0.2) is 5.78 Å². The molecule has 0 aliphatic carbocycles. The third-order valence-electron chi connectivity index (χ3n) is 4.12. The van der Waals surface area contributed by atoms with Gasteiger partial charge in [0, 0.05) is 17.7 Å². The van der Waals surface area contributed by atoms with Crippen molar-refractivity contribution in [3.8, 4) is 5.75 Å². The molecule has 126 valence electrons. The van der Waals surface area contributed by atoms with Crippen molar-refractivity contribution in [1.82, 2.24) is 0 Å². The van der Waals surface area contributed by atoms with E-state index in [9.17, 15) is 4.79 Å². The number of methoxy groups -OCH3 is 1. The van der Waals surface area contributed by atoms with Gasteiger partial charge in [-0.1, -0.05) is 60.7 Å². The Kier molecular flexibility index (Phi) is 5.47. The third-order valence-corrected chi connectivity index (χ3v) is 4.12. The minimum Gasteiger partial charge on any atom is -0.497 e. The highest BCUT2D eigenvalue weighted by Crippen LogP contribution is 2.26. The smallest absolute Gasteiger partial charge is 0.165 e. The molecule has 0 radical (unpaired) electrons. The summed E-state index contributed by atoms with van der Waals surface area (Å²) in [4.78, 5) is 12.7. The van der Waals surface area contributed by atoms with E-state index in [1.54, 1.807) is 7.11 Å². The van der Waals surface area contributed by atoms with Gasteiger partial charge in [0.1, 0.15) is 5.75 Å². The Morgan fingerprint density at radius 2 is 1.48 bits per heavy atom. The number of hydrogen-bond acceptors (Lipinski definition) is 3. The minimum atomic E-state index is -0.110. The van der Waals surface area contributed by atoms with E-state index in [-0.39, 0.29) is 11.8 Å². The lowest BCUT2D eigenvalue weighted by molar-refractivity contribution is 0.0976. The first-order chi connectivity index (χ1) is 12.3. The van der Waals surface area contributed by atoms with Crippen LogP contribution < -0.4 is 10.1 Å². The fourth-order valence-electron chi connectivity index (χ4n) is 2.75. The standard InChI is InChI=1S/C22H21NO2/c1-25-20-14-12-17(13-15-20)21(23-19-10-6-3-7-11-19)16-22(24)18-8-4-2-5-9-18/h2-15,21,23H,16H2,1H3/t21-/m0/s1. The number of carbonyl (C=O) groups excluding carboxylic acids is 1. The molecule has 3 heteroatoms. The Morgan fingerprint density at radius 1 is 0.880 bits per heavy atom. The first-order valence-corrected chi connectivity index (χ1v) is 8.30. The second kappa shape index (κ2) is 8.15. The number of anilines is 1. The van der Waals surface area contributed by atoms with E-state index in [0.29, 0.717) is 6.42 Å². The van der Waals surface area contributed by atoms with E-state index < -0.39 is 0 Å². The Morgan fingerprint density at radius 3 is 2.08 bits per heavy atom. The first kappa shape index (κ1) is 16.8. The van der Waals surface area contributed by atoms with Gasteiger partial charge in [-0.15, -0.1) is 0 Å². The van der Waals surface area contributed by atoms with Crippen molar-refractivity contribution >= 4 is 11.5 Å². The van der Waals surface area contributed by atoms with Crippen LogP contribution in [0.5, 0.6) is 5.75 Å². The molecule has 0 aliphatic rings. The number of benzene rings is 3. The van der Waals surface area contributed by atoms with Crippen molar-refractivity contribution in [2.24, 2.45) is 0 Å². The number of para-hydroxylation sites is 1. The minimum absolute atomic E-state index is 0.110.